The van der Waals surface area contributed by atoms with Crippen molar-refractivity contribution in [1.29, 1.82) is 0 Å². The Hall–Kier alpha value is -0.620. The molecule has 1 fully saturated rings. The summed E-state index contributed by atoms with van der Waals surface area (Å²) in [5, 5.41) is 0. The van der Waals surface area contributed by atoms with Crippen LogP contribution in [-0.4, -0.2) is 25.8 Å². The molecule has 0 spiro atoms. The monoisotopic (exact) mass is 192 g/mol. The van der Waals surface area contributed by atoms with Gasteiger partial charge in [-0.2, -0.15) is 0 Å². The van der Waals surface area contributed by atoms with Gasteiger partial charge in [0.15, 0.2) is 9.84 Å². The fourth-order valence-electron chi connectivity index (χ4n) is 1.35. The highest BCUT2D eigenvalue weighted by Crippen LogP contribution is 2.20. The third-order valence-corrected chi connectivity index (χ3v) is 3.80. The van der Waals surface area contributed by atoms with Gasteiger partial charge in [-0.3, -0.25) is 10.2 Å². The minimum absolute atomic E-state index is 0.0430. The first kappa shape index (κ1) is 9.47. The van der Waals surface area contributed by atoms with E-state index < -0.39 is 9.84 Å². The second-order valence-corrected chi connectivity index (χ2v) is 5.27. The largest absolute Gasteiger partial charge is 0.294 e. The first-order chi connectivity index (χ1) is 5.53. The SMILES string of the molecule is NNC(=O)C[C@H]1CCS(=O)(=O)C1. The average Bonchev–Trinajstić information content (AvgIpc) is 2.30. The summed E-state index contributed by atoms with van der Waals surface area (Å²) in [6, 6.07) is 0. The van der Waals surface area contributed by atoms with E-state index in [4.69, 9.17) is 5.84 Å². The number of sulfone groups is 1. The summed E-state index contributed by atoms with van der Waals surface area (Å²) in [5.41, 5.74) is 1.99. The van der Waals surface area contributed by atoms with Crippen molar-refractivity contribution in [3.63, 3.8) is 0 Å². The van der Waals surface area contributed by atoms with E-state index in [0.29, 0.717) is 6.42 Å². The van der Waals surface area contributed by atoms with Crippen LogP contribution in [0, 0.1) is 5.92 Å². The molecule has 0 aliphatic carbocycles. The number of amides is 1. The van der Waals surface area contributed by atoms with Gasteiger partial charge in [-0.25, -0.2) is 14.3 Å². The van der Waals surface area contributed by atoms with Crippen molar-refractivity contribution in [3.8, 4) is 0 Å². The summed E-state index contributed by atoms with van der Waals surface area (Å²) >= 11 is 0. The van der Waals surface area contributed by atoms with Crippen LogP contribution < -0.4 is 11.3 Å². The molecule has 3 N–H and O–H groups in total. The Balaban J connectivity index is 2.43. The molecule has 70 valence electrons. The molecule has 1 amide bonds. The lowest BCUT2D eigenvalue weighted by molar-refractivity contribution is -0.121. The van der Waals surface area contributed by atoms with Crippen molar-refractivity contribution in [2.75, 3.05) is 11.5 Å². The zero-order chi connectivity index (χ0) is 9.19. The highest BCUT2D eigenvalue weighted by Gasteiger charge is 2.28. The van der Waals surface area contributed by atoms with Crippen LogP contribution in [0.1, 0.15) is 12.8 Å². The lowest BCUT2D eigenvalue weighted by Gasteiger charge is -2.04. The Kier molecular flexibility index (Phi) is 2.69. The van der Waals surface area contributed by atoms with Gasteiger partial charge in [0.25, 0.3) is 0 Å². The Morgan fingerprint density at radius 2 is 2.25 bits per heavy atom. The van der Waals surface area contributed by atoms with E-state index in [-0.39, 0.29) is 29.8 Å². The maximum absolute atomic E-state index is 10.9. The van der Waals surface area contributed by atoms with Gasteiger partial charge < -0.3 is 0 Å². The number of rotatable bonds is 2. The van der Waals surface area contributed by atoms with Gasteiger partial charge in [-0.15, -0.1) is 0 Å². The molecular weight excluding hydrogens is 180 g/mol. The average molecular weight is 192 g/mol. The smallest absolute Gasteiger partial charge is 0.234 e. The topological polar surface area (TPSA) is 89.3 Å². The summed E-state index contributed by atoms with van der Waals surface area (Å²) < 4.78 is 21.9. The van der Waals surface area contributed by atoms with Gasteiger partial charge in [0.1, 0.15) is 0 Å². The first-order valence-electron chi connectivity index (χ1n) is 3.73. The van der Waals surface area contributed by atoms with Crippen LogP contribution in [0.5, 0.6) is 0 Å². The van der Waals surface area contributed by atoms with Gasteiger partial charge in [0, 0.05) is 6.42 Å². The number of nitrogens with one attached hydrogen (secondary N) is 1. The van der Waals surface area contributed by atoms with Crippen LogP contribution in [0.3, 0.4) is 0 Å². The van der Waals surface area contributed by atoms with Crippen LogP contribution in [0.2, 0.25) is 0 Å². The van der Waals surface area contributed by atoms with Crippen molar-refractivity contribution in [2.24, 2.45) is 11.8 Å². The van der Waals surface area contributed by atoms with E-state index in [9.17, 15) is 13.2 Å². The first-order valence-corrected chi connectivity index (χ1v) is 5.55. The predicted octanol–water partition coefficient (Wildman–Crippen LogP) is -1.20. The lowest BCUT2D eigenvalue weighted by atomic mass is 10.1. The molecule has 0 aromatic heterocycles. The quantitative estimate of drug-likeness (QED) is 0.327. The van der Waals surface area contributed by atoms with Gasteiger partial charge >= 0.3 is 0 Å². The number of hydrogen-bond acceptors (Lipinski definition) is 4. The highest BCUT2D eigenvalue weighted by molar-refractivity contribution is 7.91. The van der Waals surface area contributed by atoms with Crippen LogP contribution in [0.4, 0.5) is 0 Å². The highest BCUT2D eigenvalue weighted by atomic mass is 32.2. The van der Waals surface area contributed by atoms with Crippen LogP contribution in [-0.2, 0) is 14.6 Å². The number of hydrazine groups is 1. The number of hydrogen-bond donors (Lipinski definition) is 2. The van der Waals surface area contributed by atoms with Crippen LogP contribution in [0.25, 0.3) is 0 Å². The molecule has 0 unspecified atom stereocenters. The molecule has 1 heterocycles. The van der Waals surface area contributed by atoms with E-state index in [0.717, 1.165) is 0 Å². The van der Waals surface area contributed by atoms with Gasteiger partial charge in [-0.05, 0) is 12.3 Å². The van der Waals surface area contributed by atoms with Crippen molar-refractivity contribution in [1.82, 2.24) is 5.43 Å². The maximum Gasteiger partial charge on any atom is 0.234 e. The molecule has 1 rings (SSSR count). The molecule has 12 heavy (non-hydrogen) atoms. The summed E-state index contributed by atoms with van der Waals surface area (Å²) in [6.45, 7) is 0. The molecule has 0 aromatic carbocycles. The van der Waals surface area contributed by atoms with E-state index >= 15 is 0 Å². The molecule has 5 nitrogen and oxygen atoms in total. The second-order valence-electron chi connectivity index (χ2n) is 3.04. The molecule has 6 heteroatoms. The molecule has 1 atom stereocenters. The third-order valence-electron chi connectivity index (χ3n) is 1.96. The van der Waals surface area contributed by atoms with Gasteiger partial charge in [-0.1, -0.05) is 0 Å². The van der Waals surface area contributed by atoms with E-state index in [1.165, 1.54) is 0 Å². The molecule has 0 bridgehead atoms. The summed E-state index contributed by atoms with van der Waals surface area (Å²) in [6.07, 6.45) is 0.797. The zero-order valence-electron chi connectivity index (χ0n) is 6.62. The van der Waals surface area contributed by atoms with Crippen molar-refractivity contribution < 1.29 is 13.2 Å². The van der Waals surface area contributed by atoms with E-state index in [1.807, 2.05) is 5.43 Å². The van der Waals surface area contributed by atoms with Gasteiger partial charge in [0.05, 0.1) is 11.5 Å². The number of carbonyl (C=O) groups excluding carboxylic acids is 1. The lowest BCUT2D eigenvalue weighted by Crippen LogP contribution is -2.31. The van der Waals surface area contributed by atoms with Crippen molar-refractivity contribution in [2.45, 2.75) is 12.8 Å². The number of nitrogens with two attached hydrogens (primary N) is 1. The molecule has 1 saturated heterocycles. The minimum Gasteiger partial charge on any atom is -0.294 e. The zero-order valence-corrected chi connectivity index (χ0v) is 7.43. The summed E-state index contributed by atoms with van der Waals surface area (Å²) in [4.78, 5) is 10.7. The fraction of sp³-hybridized carbons (Fsp3) is 0.833. The maximum atomic E-state index is 10.9. The molecule has 0 aromatic rings. The van der Waals surface area contributed by atoms with Gasteiger partial charge in [0.2, 0.25) is 5.91 Å². The van der Waals surface area contributed by atoms with Crippen molar-refractivity contribution >= 4 is 15.7 Å². The molecular formula is C6H12N2O3S. The van der Waals surface area contributed by atoms with E-state index in [2.05, 4.69) is 0 Å². The van der Waals surface area contributed by atoms with Crippen LogP contribution >= 0.6 is 0 Å². The Bertz CT molecular complexity index is 273. The Morgan fingerprint density at radius 3 is 2.67 bits per heavy atom. The standard InChI is InChI=1S/C6H12N2O3S/c7-8-6(9)3-5-1-2-12(10,11)4-5/h5H,1-4,7H2,(H,8,9)/t5-/m1/s1. The van der Waals surface area contributed by atoms with Crippen LogP contribution in [0.15, 0.2) is 0 Å². The summed E-state index contributed by atoms with van der Waals surface area (Å²) in [7, 11) is -2.87. The molecule has 0 saturated carbocycles. The minimum atomic E-state index is -2.87. The number of carbonyl (C=O) groups is 1. The predicted molar refractivity (Wildman–Crippen MR) is 43.7 cm³/mol. The molecule has 1 aliphatic heterocycles. The Labute approximate surface area is 71.2 Å². The Morgan fingerprint density at radius 1 is 1.58 bits per heavy atom. The van der Waals surface area contributed by atoms with Crippen molar-refractivity contribution in [3.05, 3.63) is 0 Å². The van der Waals surface area contributed by atoms with E-state index in [1.54, 1.807) is 0 Å². The summed E-state index contributed by atoms with van der Waals surface area (Å²) in [5.74, 6) is 4.86. The second kappa shape index (κ2) is 3.40. The molecule has 0 radical (unpaired) electrons. The fourth-order valence-corrected chi connectivity index (χ4v) is 3.22. The molecule has 1 aliphatic rings. The third kappa shape index (κ3) is 2.46. The normalized spacial score (nSPS) is 26.9.